The summed E-state index contributed by atoms with van der Waals surface area (Å²) in [7, 11) is 0. The minimum atomic E-state index is -0.0115. The number of likely N-dealkylation sites (tertiary alicyclic amines) is 1. The first kappa shape index (κ1) is 13.6. The highest BCUT2D eigenvalue weighted by Crippen LogP contribution is 2.28. The molecular weight excluding hydrogens is 272 g/mol. The maximum atomic E-state index is 12.4. The van der Waals surface area contributed by atoms with Gasteiger partial charge in [-0.15, -0.1) is 11.3 Å². The third kappa shape index (κ3) is 2.45. The van der Waals surface area contributed by atoms with Crippen molar-refractivity contribution in [3.63, 3.8) is 0 Å². The summed E-state index contributed by atoms with van der Waals surface area (Å²) in [5.74, 6) is 0.149. The fraction of sp³-hybridized carbons (Fsp3) is 0.571. The first-order valence-electron chi connectivity index (χ1n) is 6.90. The number of fused-ring (bicyclic) bond motifs is 1. The van der Waals surface area contributed by atoms with Crippen LogP contribution in [-0.2, 0) is 11.2 Å². The van der Waals surface area contributed by atoms with E-state index in [1.807, 2.05) is 27.1 Å². The summed E-state index contributed by atoms with van der Waals surface area (Å²) in [4.78, 5) is 19.7. The number of amides is 1. The van der Waals surface area contributed by atoms with Gasteiger partial charge in [0.2, 0.25) is 5.91 Å². The summed E-state index contributed by atoms with van der Waals surface area (Å²) >= 11 is 1.58. The Morgan fingerprint density at radius 1 is 1.60 bits per heavy atom. The average molecular weight is 292 g/mol. The molecule has 1 unspecified atom stereocenters. The molecule has 6 heteroatoms. The first-order valence-corrected chi connectivity index (χ1v) is 7.78. The van der Waals surface area contributed by atoms with Crippen molar-refractivity contribution in [3.05, 3.63) is 23.5 Å². The SMILES string of the molecule is CC1(C)CN(C(=O)Cc2cn3ccsc3n2)CCC1N. The summed E-state index contributed by atoms with van der Waals surface area (Å²) < 4.78 is 1.96. The molecule has 3 heterocycles. The predicted octanol–water partition coefficient (Wildman–Crippen LogP) is 1.52. The van der Waals surface area contributed by atoms with Gasteiger partial charge in [-0.3, -0.25) is 9.20 Å². The molecular formula is C14H20N4OS. The normalized spacial score (nSPS) is 22.4. The number of piperidine rings is 1. The molecule has 108 valence electrons. The molecule has 1 saturated heterocycles. The van der Waals surface area contributed by atoms with E-state index >= 15 is 0 Å². The van der Waals surface area contributed by atoms with Gasteiger partial charge in [0.25, 0.3) is 0 Å². The fourth-order valence-corrected chi connectivity index (χ4v) is 3.43. The number of rotatable bonds is 2. The monoisotopic (exact) mass is 292 g/mol. The molecule has 1 atom stereocenters. The summed E-state index contributed by atoms with van der Waals surface area (Å²) in [6.07, 6.45) is 5.14. The third-order valence-electron chi connectivity index (χ3n) is 4.14. The maximum absolute atomic E-state index is 12.4. The Bertz CT molecular complexity index is 601. The van der Waals surface area contributed by atoms with Gasteiger partial charge in [-0.05, 0) is 11.8 Å². The van der Waals surface area contributed by atoms with Crippen LogP contribution in [-0.4, -0.2) is 39.3 Å². The summed E-state index contributed by atoms with van der Waals surface area (Å²) in [5, 5.41) is 1.99. The number of nitrogens with two attached hydrogens (primary N) is 1. The standard InChI is InChI=1S/C14H20N4OS/c1-14(2)9-18(4-3-11(14)15)12(19)7-10-8-17-5-6-20-13(17)16-10/h5-6,8,11H,3-4,7,9,15H2,1-2H3. The molecule has 20 heavy (non-hydrogen) atoms. The van der Waals surface area contributed by atoms with E-state index in [-0.39, 0.29) is 17.4 Å². The summed E-state index contributed by atoms with van der Waals surface area (Å²) in [5.41, 5.74) is 6.94. The van der Waals surface area contributed by atoms with E-state index in [9.17, 15) is 4.79 Å². The lowest BCUT2D eigenvalue weighted by atomic mass is 9.79. The quantitative estimate of drug-likeness (QED) is 0.913. The number of carbonyl (C=O) groups is 1. The van der Waals surface area contributed by atoms with E-state index in [4.69, 9.17) is 5.73 Å². The van der Waals surface area contributed by atoms with Crippen LogP contribution in [0.4, 0.5) is 0 Å². The Balaban J connectivity index is 1.69. The Morgan fingerprint density at radius 2 is 2.40 bits per heavy atom. The molecule has 0 spiro atoms. The van der Waals surface area contributed by atoms with Gasteiger partial charge in [0.05, 0.1) is 12.1 Å². The number of hydrogen-bond donors (Lipinski definition) is 1. The number of hydrogen-bond acceptors (Lipinski definition) is 4. The molecule has 2 aromatic heterocycles. The molecule has 2 N–H and O–H groups in total. The van der Waals surface area contributed by atoms with Crippen molar-refractivity contribution in [2.24, 2.45) is 11.1 Å². The number of thiazole rings is 1. The number of aromatic nitrogens is 2. The summed E-state index contributed by atoms with van der Waals surface area (Å²) in [6, 6.07) is 0.171. The zero-order valence-corrected chi connectivity index (χ0v) is 12.7. The van der Waals surface area contributed by atoms with E-state index in [1.54, 1.807) is 11.3 Å². The fourth-order valence-electron chi connectivity index (χ4n) is 2.71. The molecule has 0 aromatic carbocycles. The smallest absolute Gasteiger partial charge is 0.228 e. The number of carbonyl (C=O) groups excluding carboxylic acids is 1. The molecule has 3 rings (SSSR count). The Kier molecular flexibility index (Phi) is 3.30. The second-order valence-corrected chi connectivity index (χ2v) is 7.07. The van der Waals surface area contributed by atoms with Crippen molar-refractivity contribution in [1.82, 2.24) is 14.3 Å². The van der Waals surface area contributed by atoms with Crippen molar-refractivity contribution in [1.29, 1.82) is 0 Å². The largest absolute Gasteiger partial charge is 0.342 e. The summed E-state index contributed by atoms with van der Waals surface area (Å²) in [6.45, 7) is 5.74. The van der Waals surface area contributed by atoms with Gasteiger partial charge < -0.3 is 10.6 Å². The average Bonchev–Trinajstić information content (AvgIpc) is 2.93. The van der Waals surface area contributed by atoms with Gasteiger partial charge in [-0.25, -0.2) is 4.98 Å². The van der Waals surface area contributed by atoms with Crippen LogP contribution in [0.25, 0.3) is 4.96 Å². The highest BCUT2D eigenvalue weighted by molar-refractivity contribution is 7.15. The lowest BCUT2D eigenvalue weighted by Crippen LogP contribution is -2.54. The van der Waals surface area contributed by atoms with Gasteiger partial charge in [0, 0.05) is 36.9 Å². The minimum absolute atomic E-state index is 0.0115. The molecule has 5 nitrogen and oxygen atoms in total. The zero-order valence-electron chi connectivity index (χ0n) is 11.9. The van der Waals surface area contributed by atoms with E-state index in [1.165, 1.54) is 0 Å². The Labute approximate surface area is 122 Å². The molecule has 1 aliphatic rings. The molecule has 0 aliphatic carbocycles. The lowest BCUT2D eigenvalue weighted by Gasteiger charge is -2.42. The van der Waals surface area contributed by atoms with Crippen LogP contribution in [0.5, 0.6) is 0 Å². The van der Waals surface area contributed by atoms with Gasteiger partial charge in [0.1, 0.15) is 0 Å². The van der Waals surface area contributed by atoms with Crippen LogP contribution in [0.15, 0.2) is 17.8 Å². The van der Waals surface area contributed by atoms with Crippen molar-refractivity contribution < 1.29 is 4.79 Å². The van der Waals surface area contributed by atoms with E-state index in [2.05, 4.69) is 18.8 Å². The van der Waals surface area contributed by atoms with Gasteiger partial charge in [-0.2, -0.15) is 0 Å². The molecule has 0 bridgehead atoms. The third-order valence-corrected chi connectivity index (χ3v) is 4.91. The van der Waals surface area contributed by atoms with E-state index in [0.717, 1.165) is 30.2 Å². The second-order valence-electron chi connectivity index (χ2n) is 6.20. The van der Waals surface area contributed by atoms with Gasteiger partial charge in [-0.1, -0.05) is 13.8 Å². The van der Waals surface area contributed by atoms with Gasteiger partial charge in [0.15, 0.2) is 4.96 Å². The molecule has 0 radical (unpaired) electrons. The first-order chi connectivity index (χ1) is 9.45. The second kappa shape index (κ2) is 4.86. The highest BCUT2D eigenvalue weighted by Gasteiger charge is 2.35. The van der Waals surface area contributed by atoms with E-state index in [0.29, 0.717) is 6.42 Å². The molecule has 1 amide bonds. The van der Waals surface area contributed by atoms with Crippen molar-refractivity contribution in [2.75, 3.05) is 13.1 Å². The van der Waals surface area contributed by atoms with Crippen LogP contribution in [0, 0.1) is 5.41 Å². The topological polar surface area (TPSA) is 63.6 Å². The molecule has 1 fully saturated rings. The van der Waals surface area contributed by atoms with Gasteiger partial charge >= 0.3 is 0 Å². The minimum Gasteiger partial charge on any atom is -0.342 e. The lowest BCUT2D eigenvalue weighted by molar-refractivity contribution is -0.133. The van der Waals surface area contributed by atoms with Crippen LogP contribution in [0.1, 0.15) is 26.0 Å². The van der Waals surface area contributed by atoms with Crippen LogP contribution in [0.3, 0.4) is 0 Å². The molecule has 2 aromatic rings. The highest BCUT2D eigenvalue weighted by atomic mass is 32.1. The molecule has 1 aliphatic heterocycles. The van der Waals surface area contributed by atoms with Crippen molar-refractivity contribution in [3.8, 4) is 0 Å². The molecule has 0 saturated carbocycles. The Morgan fingerprint density at radius 3 is 3.10 bits per heavy atom. The zero-order chi connectivity index (χ0) is 14.3. The van der Waals surface area contributed by atoms with Crippen molar-refractivity contribution in [2.45, 2.75) is 32.7 Å². The number of imidazole rings is 1. The van der Waals surface area contributed by atoms with E-state index < -0.39 is 0 Å². The Hall–Kier alpha value is -1.40. The maximum Gasteiger partial charge on any atom is 0.228 e. The number of nitrogens with zero attached hydrogens (tertiary/aromatic N) is 3. The van der Waals surface area contributed by atoms with Crippen LogP contribution < -0.4 is 5.73 Å². The van der Waals surface area contributed by atoms with Crippen LogP contribution >= 0.6 is 11.3 Å². The van der Waals surface area contributed by atoms with Crippen LogP contribution in [0.2, 0.25) is 0 Å². The van der Waals surface area contributed by atoms with Crippen molar-refractivity contribution >= 4 is 22.2 Å². The predicted molar refractivity (Wildman–Crippen MR) is 79.7 cm³/mol.